The minimum Gasteiger partial charge on any atom is -0.497 e. The number of ether oxygens (including phenoxy) is 1. The van der Waals surface area contributed by atoms with E-state index in [4.69, 9.17) is 4.74 Å². The highest BCUT2D eigenvalue weighted by molar-refractivity contribution is 6.03. The Kier molecular flexibility index (Phi) is 5.58. The summed E-state index contributed by atoms with van der Waals surface area (Å²) in [6.45, 7) is 3.78. The van der Waals surface area contributed by atoms with Crippen LogP contribution in [0.4, 0.5) is 24.7 Å². The fourth-order valence-electron chi connectivity index (χ4n) is 3.81. The van der Waals surface area contributed by atoms with Gasteiger partial charge in [-0.25, -0.2) is 4.68 Å². The summed E-state index contributed by atoms with van der Waals surface area (Å²) in [5.74, 6) is 0.196. The lowest BCUT2D eigenvalue weighted by molar-refractivity contribution is -0.173. The SMILES string of the molecule is COc1ccc([C@@H]2C[C@H](C(F)(F)F)n3nc(C(=O)Nc4cccc(C)c4C)cc3N2)cc1. The van der Waals surface area contributed by atoms with Crippen LogP contribution in [0, 0.1) is 13.8 Å². The van der Waals surface area contributed by atoms with Crippen LogP contribution in [0.2, 0.25) is 0 Å². The number of aromatic nitrogens is 2. The van der Waals surface area contributed by atoms with Gasteiger partial charge in [0.25, 0.3) is 5.91 Å². The molecule has 9 heteroatoms. The van der Waals surface area contributed by atoms with Crippen molar-refractivity contribution < 1.29 is 22.7 Å². The maximum Gasteiger partial charge on any atom is 0.410 e. The molecule has 0 fully saturated rings. The monoisotopic (exact) mass is 444 g/mol. The van der Waals surface area contributed by atoms with Crippen LogP contribution in [0.1, 0.15) is 45.7 Å². The molecule has 0 unspecified atom stereocenters. The molecule has 3 aromatic rings. The smallest absolute Gasteiger partial charge is 0.410 e. The van der Waals surface area contributed by atoms with Crippen LogP contribution in [0.5, 0.6) is 5.75 Å². The highest BCUT2D eigenvalue weighted by Gasteiger charge is 2.46. The number of carbonyl (C=O) groups is 1. The molecule has 2 aromatic carbocycles. The van der Waals surface area contributed by atoms with E-state index in [1.165, 1.54) is 13.2 Å². The number of nitrogens with zero attached hydrogens (tertiary/aromatic N) is 2. The van der Waals surface area contributed by atoms with Crippen molar-refractivity contribution in [2.75, 3.05) is 17.7 Å². The minimum absolute atomic E-state index is 0.0852. The maximum absolute atomic E-state index is 13.9. The lowest BCUT2D eigenvalue weighted by Gasteiger charge is -2.33. The van der Waals surface area contributed by atoms with E-state index in [0.717, 1.165) is 15.8 Å². The van der Waals surface area contributed by atoms with Crippen LogP contribution in [0.15, 0.2) is 48.5 Å². The van der Waals surface area contributed by atoms with E-state index in [1.54, 1.807) is 36.4 Å². The molecule has 0 bridgehead atoms. The van der Waals surface area contributed by atoms with Crippen molar-refractivity contribution in [2.24, 2.45) is 0 Å². The molecule has 2 atom stereocenters. The molecular weight excluding hydrogens is 421 g/mol. The molecule has 2 heterocycles. The number of nitrogens with one attached hydrogen (secondary N) is 2. The van der Waals surface area contributed by atoms with Crippen LogP contribution in [0.3, 0.4) is 0 Å². The third-order valence-corrected chi connectivity index (χ3v) is 5.79. The molecular formula is C23H23F3N4O2. The zero-order valence-electron chi connectivity index (χ0n) is 17.8. The number of amides is 1. The first-order valence-electron chi connectivity index (χ1n) is 10.1. The van der Waals surface area contributed by atoms with Gasteiger partial charge in [0, 0.05) is 18.2 Å². The molecule has 0 spiro atoms. The van der Waals surface area contributed by atoms with Gasteiger partial charge in [-0.3, -0.25) is 4.79 Å². The number of carbonyl (C=O) groups excluding carboxylic acids is 1. The summed E-state index contributed by atoms with van der Waals surface area (Å²) in [5.41, 5.74) is 3.08. The lowest BCUT2D eigenvalue weighted by atomic mass is 9.97. The topological polar surface area (TPSA) is 68.2 Å². The number of alkyl halides is 3. The van der Waals surface area contributed by atoms with Crippen molar-refractivity contribution in [3.8, 4) is 5.75 Å². The maximum atomic E-state index is 13.9. The molecule has 0 saturated carbocycles. The van der Waals surface area contributed by atoms with Crippen LogP contribution >= 0.6 is 0 Å². The van der Waals surface area contributed by atoms with E-state index >= 15 is 0 Å². The second-order valence-corrected chi connectivity index (χ2v) is 7.82. The third kappa shape index (κ3) is 4.15. The molecule has 32 heavy (non-hydrogen) atoms. The van der Waals surface area contributed by atoms with Crippen LogP contribution in [0.25, 0.3) is 0 Å². The van der Waals surface area contributed by atoms with Gasteiger partial charge in [-0.1, -0.05) is 24.3 Å². The average molecular weight is 444 g/mol. The van der Waals surface area contributed by atoms with Crippen molar-refractivity contribution >= 4 is 17.4 Å². The molecule has 1 aromatic heterocycles. The number of methoxy groups -OCH3 is 1. The normalized spacial score (nSPS) is 17.9. The molecule has 1 aliphatic heterocycles. The van der Waals surface area contributed by atoms with Crippen LogP contribution in [-0.2, 0) is 0 Å². The van der Waals surface area contributed by atoms with E-state index in [0.29, 0.717) is 17.0 Å². The Bertz CT molecular complexity index is 1140. The zero-order valence-corrected chi connectivity index (χ0v) is 17.8. The van der Waals surface area contributed by atoms with Crippen molar-refractivity contribution in [3.05, 3.63) is 70.9 Å². The predicted octanol–water partition coefficient (Wildman–Crippen LogP) is 5.42. The standard InChI is InChI=1S/C23H23F3N4O2/c1-13-5-4-6-17(14(13)2)28-22(31)19-12-21-27-18(15-7-9-16(32-3)10-8-15)11-20(23(24,25)26)30(21)29-19/h4-10,12,18,20,27H,11H2,1-3H3,(H,28,31)/t18-,20+/m0/s1. The van der Waals surface area contributed by atoms with Crippen molar-refractivity contribution in [3.63, 3.8) is 0 Å². The van der Waals surface area contributed by atoms with Gasteiger partial charge in [-0.05, 0) is 48.7 Å². The summed E-state index contributed by atoms with van der Waals surface area (Å²) in [4.78, 5) is 12.8. The number of hydrogen-bond donors (Lipinski definition) is 2. The van der Waals surface area contributed by atoms with Crippen molar-refractivity contribution in [1.82, 2.24) is 9.78 Å². The van der Waals surface area contributed by atoms with Crippen LogP contribution < -0.4 is 15.4 Å². The van der Waals surface area contributed by atoms with Crippen molar-refractivity contribution in [1.29, 1.82) is 0 Å². The third-order valence-electron chi connectivity index (χ3n) is 5.79. The molecule has 1 aliphatic rings. The molecule has 0 saturated heterocycles. The fraction of sp³-hybridized carbons (Fsp3) is 0.304. The van der Waals surface area contributed by atoms with Gasteiger partial charge in [0.2, 0.25) is 0 Å². The summed E-state index contributed by atoms with van der Waals surface area (Å²) in [7, 11) is 1.52. The van der Waals surface area contributed by atoms with Gasteiger partial charge in [-0.2, -0.15) is 18.3 Å². The van der Waals surface area contributed by atoms with Gasteiger partial charge in [0.05, 0.1) is 13.2 Å². The Morgan fingerprint density at radius 3 is 2.56 bits per heavy atom. The Morgan fingerprint density at radius 2 is 1.91 bits per heavy atom. The Balaban J connectivity index is 1.64. The first-order chi connectivity index (χ1) is 15.2. The Labute approximate surface area is 183 Å². The van der Waals surface area contributed by atoms with Gasteiger partial charge in [0.1, 0.15) is 11.6 Å². The molecule has 2 N–H and O–H groups in total. The summed E-state index contributed by atoms with van der Waals surface area (Å²) in [6.07, 6.45) is -4.77. The van der Waals surface area contributed by atoms with E-state index in [1.807, 2.05) is 19.9 Å². The molecule has 1 amide bonds. The minimum atomic E-state index is -4.52. The Morgan fingerprint density at radius 1 is 1.19 bits per heavy atom. The lowest BCUT2D eigenvalue weighted by Crippen LogP contribution is -2.35. The summed E-state index contributed by atoms with van der Waals surface area (Å²) < 4.78 is 47.6. The first-order valence-corrected chi connectivity index (χ1v) is 10.1. The molecule has 6 nitrogen and oxygen atoms in total. The second-order valence-electron chi connectivity index (χ2n) is 7.82. The largest absolute Gasteiger partial charge is 0.497 e. The number of halogens is 3. The zero-order chi connectivity index (χ0) is 23.0. The van der Waals surface area contributed by atoms with Gasteiger partial charge in [-0.15, -0.1) is 0 Å². The number of aryl methyl sites for hydroxylation is 1. The first kappa shape index (κ1) is 21.7. The molecule has 0 aliphatic carbocycles. The van der Waals surface area contributed by atoms with E-state index < -0.39 is 24.2 Å². The number of hydrogen-bond acceptors (Lipinski definition) is 4. The number of anilines is 2. The summed E-state index contributed by atoms with van der Waals surface area (Å²) >= 11 is 0. The molecule has 168 valence electrons. The van der Waals surface area contributed by atoms with E-state index in [-0.39, 0.29) is 17.9 Å². The van der Waals surface area contributed by atoms with Crippen molar-refractivity contribution in [2.45, 2.75) is 38.5 Å². The van der Waals surface area contributed by atoms with E-state index in [2.05, 4.69) is 15.7 Å². The highest BCUT2D eigenvalue weighted by atomic mass is 19.4. The highest BCUT2D eigenvalue weighted by Crippen LogP contribution is 2.43. The Hall–Kier alpha value is -3.49. The van der Waals surface area contributed by atoms with Gasteiger partial charge < -0.3 is 15.4 Å². The predicted molar refractivity (Wildman–Crippen MR) is 115 cm³/mol. The average Bonchev–Trinajstić information content (AvgIpc) is 3.20. The molecule has 0 radical (unpaired) electrons. The summed E-state index contributed by atoms with van der Waals surface area (Å²) in [6, 6.07) is 11.2. The fourth-order valence-corrected chi connectivity index (χ4v) is 3.81. The quantitative estimate of drug-likeness (QED) is 0.564. The number of fused-ring (bicyclic) bond motifs is 1. The number of benzene rings is 2. The van der Waals surface area contributed by atoms with Gasteiger partial charge >= 0.3 is 6.18 Å². The second kappa shape index (κ2) is 8.22. The van der Waals surface area contributed by atoms with E-state index in [9.17, 15) is 18.0 Å². The summed E-state index contributed by atoms with van der Waals surface area (Å²) in [5, 5.41) is 9.84. The van der Waals surface area contributed by atoms with Crippen LogP contribution in [-0.4, -0.2) is 29.0 Å². The molecule has 4 rings (SSSR count). The van der Waals surface area contributed by atoms with Gasteiger partial charge in [0.15, 0.2) is 11.7 Å². The number of rotatable bonds is 4.